The highest BCUT2D eigenvalue weighted by atomic mass is 79.9. The number of rotatable bonds is 2. The molecule has 0 bridgehead atoms. The van der Waals surface area contributed by atoms with E-state index in [0.717, 1.165) is 0 Å². The number of carbonyl (C=O) groups is 1. The van der Waals surface area contributed by atoms with Crippen molar-refractivity contribution in [1.29, 1.82) is 0 Å². The van der Waals surface area contributed by atoms with Crippen LogP contribution in [0.25, 0.3) is 0 Å². The molecule has 0 aromatic heterocycles. The van der Waals surface area contributed by atoms with E-state index in [0.29, 0.717) is 20.7 Å². The van der Waals surface area contributed by atoms with Crippen molar-refractivity contribution in [2.45, 2.75) is 32.9 Å². The number of aliphatic hydroxyl groups is 1. The third-order valence-corrected chi connectivity index (χ3v) is 3.61. The molecular weight excluding hydrogens is 321 g/mol. The van der Waals surface area contributed by atoms with Gasteiger partial charge in [0, 0.05) is 10.0 Å². The van der Waals surface area contributed by atoms with E-state index < -0.39 is 11.6 Å². The number of halogens is 2. The molecule has 0 saturated heterocycles. The Hall–Kier alpha value is -0.780. The summed E-state index contributed by atoms with van der Waals surface area (Å²) in [5.41, 5.74) is 0.315. The van der Waals surface area contributed by atoms with Gasteiger partial charge in [-0.15, -0.1) is 0 Å². The molecule has 0 fully saturated rings. The maximum absolute atomic E-state index is 11.4. The van der Waals surface area contributed by atoms with Crippen molar-refractivity contribution in [3.8, 4) is 0 Å². The topological polar surface area (TPSA) is 60.8 Å². The molecule has 18 heavy (non-hydrogen) atoms. The van der Waals surface area contributed by atoms with E-state index in [4.69, 9.17) is 11.6 Å². The number of amides is 1. The normalized spacial score (nSPS) is 11.4. The van der Waals surface area contributed by atoms with Crippen LogP contribution < -0.4 is 4.90 Å². The number of hydrogen-bond donors (Lipinski definition) is 2. The van der Waals surface area contributed by atoms with Gasteiger partial charge in [-0.3, -0.25) is 4.90 Å². The molecule has 0 unspecified atom stereocenters. The molecule has 0 radical (unpaired) electrons. The van der Waals surface area contributed by atoms with E-state index in [9.17, 15) is 15.0 Å². The van der Waals surface area contributed by atoms with Crippen molar-refractivity contribution >= 4 is 39.3 Å². The molecule has 0 saturated carbocycles. The molecule has 0 aliphatic carbocycles. The predicted octanol–water partition coefficient (Wildman–Crippen LogP) is 3.88. The minimum Gasteiger partial charge on any atom is -0.465 e. The van der Waals surface area contributed by atoms with Crippen LogP contribution >= 0.6 is 27.5 Å². The van der Waals surface area contributed by atoms with Crippen LogP contribution in [0.4, 0.5) is 10.5 Å². The lowest BCUT2D eigenvalue weighted by Gasteiger charge is -2.34. The fraction of sp³-hybridized carbons (Fsp3) is 0.417. The number of hydrogen-bond acceptors (Lipinski definition) is 2. The average Bonchev–Trinajstić information content (AvgIpc) is 2.21. The zero-order valence-corrected chi connectivity index (χ0v) is 12.7. The van der Waals surface area contributed by atoms with Gasteiger partial charge in [-0.05, 0) is 54.4 Å². The van der Waals surface area contributed by atoms with Crippen molar-refractivity contribution in [3.63, 3.8) is 0 Å². The van der Waals surface area contributed by atoms with Gasteiger partial charge in [-0.1, -0.05) is 11.6 Å². The van der Waals surface area contributed by atoms with E-state index in [1.54, 1.807) is 32.9 Å². The zero-order valence-electron chi connectivity index (χ0n) is 10.4. The largest absolute Gasteiger partial charge is 0.465 e. The lowest BCUT2D eigenvalue weighted by Crippen LogP contribution is -2.45. The number of benzene rings is 1. The van der Waals surface area contributed by atoms with Gasteiger partial charge in [-0.25, -0.2) is 4.79 Å². The Labute approximate surface area is 119 Å². The van der Waals surface area contributed by atoms with Gasteiger partial charge < -0.3 is 10.2 Å². The number of carboxylic acid groups (broad SMARTS) is 1. The summed E-state index contributed by atoms with van der Waals surface area (Å²) < 4.78 is 0.557. The fourth-order valence-corrected chi connectivity index (χ4v) is 2.33. The van der Waals surface area contributed by atoms with Gasteiger partial charge in [0.25, 0.3) is 0 Å². The van der Waals surface area contributed by atoms with Crippen molar-refractivity contribution < 1.29 is 15.0 Å². The van der Waals surface area contributed by atoms with Gasteiger partial charge in [0.2, 0.25) is 0 Å². The molecule has 6 heteroatoms. The SMILES string of the molecule is CC(C)(C)N(C(=O)O)c1cc(CO)cc(Br)c1Cl. The molecule has 0 heterocycles. The van der Waals surface area contributed by atoms with Gasteiger partial charge in [0.05, 0.1) is 17.3 Å². The smallest absolute Gasteiger partial charge is 0.412 e. The summed E-state index contributed by atoms with van der Waals surface area (Å²) in [4.78, 5) is 12.6. The van der Waals surface area contributed by atoms with Crippen LogP contribution in [0.5, 0.6) is 0 Å². The molecule has 2 N–H and O–H groups in total. The summed E-state index contributed by atoms with van der Waals surface area (Å²) in [7, 11) is 0. The first-order valence-electron chi connectivity index (χ1n) is 5.30. The molecule has 0 spiro atoms. The van der Waals surface area contributed by atoms with Crippen LogP contribution in [-0.2, 0) is 6.61 Å². The Morgan fingerprint density at radius 3 is 2.39 bits per heavy atom. The minimum absolute atomic E-state index is 0.180. The van der Waals surface area contributed by atoms with Crippen LogP contribution in [0.1, 0.15) is 26.3 Å². The molecule has 100 valence electrons. The molecule has 1 aromatic carbocycles. The van der Waals surface area contributed by atoms with Gasteiger partial charge in [-0.2, -0.15) is 0 Å². The van der Waals surface area contributed by atoms with E-state index in [2.05, 4.69) is 15.9 Å². The number of aliphatic hydroxyl groups excluding tert-OH is 1. The summed E-state index contributed by atoms with van der Waals surface area (Å²) in [6.45, 7) is 5.14. The Morgan fingerprint density at radius 2 is 2.00 bits per heavy atom. The van der Waals surface area contributed by atoms with E-state index in [1.807, 2.05) is 0 Å². The lowest BCUT2D eigenvalue weighted by molar-refractivity contribution is 0.195. The van der Waals surface area contributed by atoms with Crippen LogP contribution in [0.15, 0.2) is 16.6 Å². The maximum atomic E-state index is 11.4. The Kier molecular flexibility index (Phi) is 4.64. The Morgan fingerprint density at radius 1 is 1.44 bits per heavy atom. The van der Waals surface area contributed by atoms with Crippen LogP contribution in [0.3, 0.4) is 0 Å². The van der Waals surface area contributed by atoms with Crippen molar-refractivity contribution in [2.24, 2.45) is 0 Å². The minimum atomic E-state index is -1.09. The molecule has 0 aliphatic rings. The van der Waals surface area contributed by atoms with Gasteiger partial charge in [0.1, 0.15) is 0 Å². The van der Waals surface area contributed by atoms with E-state index >= 15 is 0 Å². The summed E-state index contributed by atoms with van der Waals surface area (Å²) in [6, 6.07) is 3.24. The molecule has 0 atom stereocenters. The monoisotopic (exact) mass is 335 g/mol. The van der Waals surface area contributed by atoms with Gasteiger partial charge >= 0.3 is 6.09 Å². The van der Waals surface area contributed by atoms with Crippen LogP contribution in [0, 0.1) is 0 Å². The Bertz CT molecular complexity index is 471. The molecular formula is C12H15BrClNO3. The fourth-order valence-electron chi connectivity index (χ4n) is 1.63. The second-order valence-corrected chi connectivity index (χ2v) is 6.09. The summed E-state index contributed by atoms with van der Waals surface area (Å²) in [5.74, 6) is 0. The van der Waals surface area contributed by atoms with Crippen molar-refractivity contribution in [3.05, 3.63) is 27.2 Å². The quantitative estimate of drug-likeness (QED) is 0.861. The van der Waals surface area contributed by atoms with Crippen LogP contribution in [-0.4, -0.2) is 21.8 Å². The van der Waals surface area contributed by atoms with Crippen molar-refractivity contribution in [1.82, 2.24) is 0 Å². The highest BCUT2D eigenvalue weighted by Crippen LogP contribution is 2.37. The molecule has 1 aromatic rings. The molecule has 0 aliphatic heterocycles. The zero-order chi connectivity index (χ0) is 14.1. The third-order valence-electron chi connectivity index (χ3n) is 2.35. The summed E-state index contributed by atoms with van der Waals surface area (Å²) in [6.07, 6.45) is -1.09. The molecule has 4 nitrogen and oxygen atoms in total. The second-order valence-electron chi connectivity index (χ2n) is 4.86. The third kappa shape index (κ3) is 3.16. The number of anilines is 1. The van der Waals surface area contributed by atoms with Gasteiger partial charge in [0.15, 0.2) is 0 Å². The van der Waals surface area contributed by atoms with Crippen LogP contribution in [0.2, 0.25) is 5.02 Å². The first kappa shape index (κ1) is 15.3. The lowest BCUT2D eigenvalue weighted by atomic mass is 10.0. The predicted molar refractivity (Wildman–Crippen MR) is 75.3 cm³/mol. The highest BCUT2D eigenvalue weighted by molar-refractivity contribution is 9.10. The van der Waals surface area contributed by atoms with E-state index in [1.165, 1.54) is 4.90 Å². The summed E-state index contributed by atoms with van der Waals surface area (Å²) in [5, 5.41) is 18.8. The molecule has 1 rings (SSSR count). The highest BCUT2D eigenvalue weighted by Gasteiger charge is 2.30. The first-order chi connectivity index (χ1) is 8.18. The average molecular weight is 337 g/mol. The summed E-state index contributed by atoms with van der Waals surface area (Å²) >= 11 is 9.39. The number of nitrogens with zero attached hydrogens (tertiary/aromatic N) is 1. The standard InChI is InChI=1S/C12H15BrClNO3/c1-12(2,3)15(11(17)18)9-5-7(6-16)4-8(13)10(9)14/h4-5,16H,6H2,1-3H3,(H,17,18). The second kappa shape index (κ2) is 5.47. The van der Waals surface area contributed by atoms with Crippen molar-refractivity contribution in [2.75, 3.05) is 4.90 Å². The van der Waals surface area contributed by atoms with E-state index in [-0.39, 0.29) is 6.61 Å². The Balaban J connectivity index is 3.46. The molecule has 1 amide bonds. The maximum Gasteiger partial charge on any atom is 0.412 e. The first-order valence-corrected chi connectivity index (χ1v) is 6.47.